The van der Waals surface area contributed by atoms with Crippen LogP contribution in [-0.2, 0) is 14.4 Å². The number of anilines is 2. The molecule has 1 atom stereocenters. The van der Waals surface area contributed by atoms with Gasteiger partial charge in [0.2, 0.25) is 0 Å². The van der Waals surface area contributed by atoms with Gasteiger partial charge in [-0.05, 0) is 49.5 Å². The van der Waals surface area contributed by atoms with Crippen LogP contribution in [0, 0.1) is 11.7 Å². The van der Waals surface area contributed by atoms with Gasteiger partial charge in [0.25, 0.3) is 17.7 Å². The van der Waals surface area contributed by atoms with Gasteiger partial charge in [-0.3, -0.25) is 19.7 Å². The lowest BCUT2D eigenvalue weighted by Gasteiger charge is -2.29. The molecule has 7 nitrogen and oxygen atoms in total. The average molecular weight is 422 g/mol. The molecule has 4 rings (SSSR count). The highest BCUT2D eigenvalue weighted by atomic mass is 32.1. The number of nitrogens with one attached hydrogen (secondary N) is 1. The summed E-state index contributed by atoms with van der Waals surface area (Å²) in [5, 5.41) is 7.63. The summed E-state index contributed by atoms with van der Waals surface area (Å²) >= 11 is 5.07. The maximum atomic E-state index is 14.2. The van der Waals surface area contributed by atoms with Crippen molar-refractivity contribution in [2.75, 3.05) is 9.91 Å². The zero-order valence-electron chi connectivity index (χ0n) is 15.7. The van der Waals surface area contributed by atoms with Gasteiger partial charge in [0.15, 0.2) is 5.11 Å². The van der Waals surface area contributed by atoms with Gasteiger partial charge in [-0.1, -0.05) is 30.3 Å². The lowest BCUT2D eigenvalue weighted by molar-refractivity contribution is -0.122. The summed E-state index contributed by atoms with van der Waals surface area (Å²) in [5.74, 6) is -3.56. The van der Waals surface area contributed by atoms with Crippen LogP contribution in [0.5, 0.6) is 0 Å². The van der Waals surface area contributed by atoms with Crippen LogP contribution in [-0.4, -0.2) is 28.5 Å². The van der Waals surface area contributed by atoms with Crippen LogP contribution in [0.1, 0.15) is 6.92 Å². The number of nitrogens with zero attached hydrogens (tertiary/aromatic N) is 3. The van der Waals surface area contributed by atoms with Crippen LogP contribution in [0.2, 0.25) is 0 Å². The number of halogens is 1. The zero-order valence-corrected chi connectivity index (χ0v) is 16.5. The normalized spacial score (nSPS) is 20.7. The topological polar surface area (TPSA) is 82.1 Å². The van der Waals surface area contributed by atoms with Gasteiger partial charge in [0.1, 0.15) is 11.4 Å². The molecule has 2 aromatic carbocycles. The number of amides is 3. The Morgan fingerprint density at radius 2 is 1.73 bits per heavy atom. The number of rotatable bonds is 3. The van der Waals surface area contributed by atoms with Crippen LogP contribution >= 0.6 is 12.2 Å². The molecule has 0 aromatic heterocycles. The molecular weight excluding hydrogens is 407 g/mol. The molecule has 0 unspecified atom stereocenters. The van der Waals surface area contributed by atoms with E-state index in [9.17, 15) is 18.8 Å². The number of thiocarbonyl (C=S) groups is 1. The Morgan fingerprint density at radius 1 is 1.07 bits per heavy atom. The SMILES string of the molecule is CC1=NN(c2ccccc2)C(=O)[C@@H]1/C=C1/C(=O)NC(=S)N(c2ccccc2F)C1=O. The smallest absolute Gasteiger partial charge is 0.270 e. The fraction of sp³-hybridized carbons (Fsp3) is 0.0952. The Hall–Kier alpha value is -3.72. The van der Waals surface area contributed by atoms with Gasteiger partial charge in [-0.25, -0.2) is 9.29 Å². The Kier molecular flexibility index (Phi) is 4.96. The van der Waals surface area contributed by atoms with E-state index in [2.05, 4.69) is 10.4 Å². The number of carbonyl (C=O) groups excluding carboxylic acids is 3. The minimum absolute atomic E-state index is 0.0903. The van der Waals surface area contributed by atoms with Crippen molar-refractivity contribution in [3.05, 3.63) is 72.1 Å². The van der Waals surface area contributed by atoms with Crippen molar-refractivity contribution in [2.24, 2.45) is 11.0 Å². The van der Waals surface area contributed by atoms with Gasteiger partial charge in [0.05, 0.1) is 23.0 Å². The van der Waals surface area contributed by atoms with Crippen molar-refractivity contribution in [3.8, 4) is 0 Å². The second kappa shape index (κ2) is 7.60. The fourth-order valence-corrected chi connectivity index (χ4v) is 3.50. The molecule has 1 N–H and O–H groups in total. The van der Waals surface area contributed by atoms with Crippen LogP contribution in [0.15, 0.2) is 71.3 Å². The molecule has 2 aromatic rings. The number of benzene rings is 2. The molecular formula is C21H15FN4O3S. The second-order valence-corrected chi connectivity index (χ2v) is 7.02. The summed E-state index contributed by atoms with van der Waals surface area (Å²) in [5.41, 5.74) is 0.584. The van der Waals surface area contributed by atoms with Crippen LogP contribution in [0.25, 0.3) is 0 Å². The van der Waals surface area contributed by atoms with Gasteiger partial charge < -0.3 is 0 Å². The molecule has 0 spiro atoms. The summed E-state index contributed by atoms with van der Waals surface area (Å²) in [6.45, 7) is 1.63. The molecule has 0 bridgehead atoms. The van der Waals surface area contributed by atoms with E-state index in [4.69, 9.17) is 12.2 Å². The summed E-state index contributed by atoms with van der Waals surface area (Å²) < 4.78 is 14.2. The molecule has 1 saturated heterocycles. The molecule has 150 valence electrons. The predicted molar refractivity (Wildman–Crippen MR) is 113 cm³/mol. The third kappa shape index (κ3) is 3.29. The maximum absolute atomic E-state index is 14.2. The first-order chi connectivity index (χ1) is 14.4. The molecule has 2 aliphatic rings. The van der Waals surface area contributed by atoms with Crippen molar-refractivity contribution in [2.45, 2.75) is 6.92 Å². The first-order valence-corrected chi connectivity index (χ1v) is 9.39. The van der Waals surface area contributed by atoms with E-state index in [0.29, 0.717) is 11.4 Å². The zero-order chi connectivity index (χ0) is 21.4. The second-order valence-electron chi connectivity index (χ2n) is 6.64. The summed E-state index contributed by atoms with van der Waals surface area (Å²) in [7, 11) is 0. The van der Waals surface area contributed by atoms with Crippen molar-refractivity contribution < 1.29 is 18.8 Å². The average Bonchev–Trinajstić information content (AvgIpc) is 3.01. The first-order valence-electron chi connectivity index (χ1n) is 8.98. The van der Waals surface area contributed by atoms with Crippen molar-refractivity contribution in [1.82, 2.24) is 5.32 Å². The number of hydrogen-bond acceptors (Lipinski definition) is 5. The van der Waals surface area contributed by atoms with E-state index in [1.54, 1.807) is 37.3 Å². The third-order valence-corrected chi connectivity index (χ3v) is 5.00. The molecule has 3 amide bonds. The van der Waals surface area contributed by atoms with E-state index in [1.165, 1.54) is 29.3 Å². The molecule has 0 aliphatic carbocycles. The quantitative estimate of drug-likeness (QED) is 0.468. The number of para-hydroxylation sites is 2. The highest BCUT2D eigenvalue weighted by molar-refractivity contribution is 7.80. The first kappa shape index (κ1) is 19.6. The van der Waals surface area contributed by atoms with E-state index in [1.807, 2.05) is 6.07 Å². The van der Waals surface area contributed by atoms with E-state index >= 15 is 0 Å². The molecule has 0 saturated carbocycles. The largest absolute Gasteiger partial charge is 0.298 e. The van der Waals surface area contributed by atoms with E-state index < -0.39 is 29.5 Å². The predicted octanol–water partition coefficient (Wildman–Crippen LogP) is 2.54. The Labute approximate surface area is 176 Å². The monoisotopic (exact) mass is 422 g/mol. The summed E-state index contributed by atoms with van der Waals surface area (Å²) in [4.78, 5) is 39.3. The highest BCUT2D eigenvalue weighted by Crippen LogP contribution is 2.28. The number of hydrazone groups is 1. The number of hydrogen-bond donors (Lipinski definition) is 1. The van der Waals surface area contributed by atoms with Gasteiger partial charge in [0, 0.05) is 0 Å². The van der Waals surface area contributed by atoms with Crippen molar-refractivity contribution in [3.63, 3.8) is 0 Å². The molecule has 2 heterocycles. The van der Waals surface area contributed by atoms with Crippen LogP contribution in [0.3, 0.4) is 0 Å². The molecule has 30 heavy (non-hydrogen) atoms. The summed E-state index contributed by atoms with van der Waals surface area (Å²) in [6, 6.07) is 14.4. The van der Waals surface area contributed by atoms with Crippen molar-refractivity contribution >= 4 is 52.1 Å². The standard InChI is InChI=1S/C21H15FN4O3S/c1-12-14(20(29)26(24-12)13-7-3-2-4-8-13)11-15-18(27)23-21(30)25(19(15)28)17-10-6-5-9-16(17)22/h2-11,14H,1H3,(H,23,27,30)/b15-11-/t14-/m1/s1. The molecule has 1 fully saturated rings. The Bertz CT molecular complexity index is 1150. The van der Waals surface area contributed by atoms with Crippen LogP contribution in [0.4, 0.5) is 15.8 Å². The minimum atomic E-state index is -0.913. The Morgan fingerprint density at radius 3 is 2.43 bits per heavy atom. The minimum Gasteiger partial charge on any atom is -0.298 e. The highest BCUT2D eigenvalue weighted by Gasteiger charge is 2.39. The van der Waals surface area contributed by atoms with Crippen LogP contribution < -0.4 is 15.2 Å². The molecule has 2 aliphatic heterocycles. The summed E-state index contributed by atoms with van der Waals surface area (Å²) in [6.07, 6.45) is 1.25. The van der Waals surface area contributed by atoms with Gasteiger partial charge >= 0.3 is 0 Å². The fourth-order valence-electron chi connectivity index (χ4n) is 3.22. The van der Waals surface area contributed by atoms with Gasteiger partial charge in [-0.2, -0.15) is 10.1 Å². The van der Waals surface area contributed by atoms with Crippen molar-refractivity contribution in [1.29, 1.82) is 0 Å². The third-order valence-electron chi connectivity index (χ3n) is 4.71. The maximum Gasteiger partial charge on any atom is 0.270 e. The van der Waals surface area contributed by atoms with E-state index in [-0.39, 0.29) is 16.4 Å². The van der Waals surface area contributed by atoms with Gasteiger partial charge in [-0.15, -0.1) is 0 Å². The Balaban J connectivity index is 1.69. The lowest BCUT2D eigenvalue weighted by Crippen LogP contribution is -2.54. The lowest BCUT2D eigenvalue weighted by atomic mass is 9.98. The molecule has 9 heteroatoms. The van der Waals surface area contributed by atoms with E-state index in [0.717, 1.165) is 4.90 Å². The molecule has 0 radical (unpaired) electrons. The number of carbonyl (C=O) groups is 3.